The molecule has 0 saturated heterocycles. The number of hydrogen-bond donors (Lipinski definition) is 1. The fourth-order valence-electron chi connectivity index (χ4n) is 4.20. The lowest BCUT2D eigenvalue weighted by Gasteiger charge is -2.52. The van der Waals surface area contributed by atoms with Crippen molar-refractivity contribution in [3.63, 3.8) is 0 Å². The van der Waals surface area contributed by atoms with E-state index in [0.717, 1.165) is 24.2 Å². The van der Waals surface area contributed by atoms with E-state index in [4.69, 9.17) is 0 Å². The topological polar surface area (TPSA) is 20.2 Å². The SMILES string of the molecule is CC(C)[C@@H]1CC[C@]2(C)CCC(O)[C@H](C)[C@@H]2C1. The molecule has 2 aliphatic carbocycles. The Balaban J connectivity index is 2.12. The van der Waals surface area contributed by atoms with Crippen LogP contribution in [0.3, 0.4) is 0 Å². The number of hydrogen-bond acceptors (Lipinski definition) is 1. The molecule has 1 N–H and O–H groups in total. The zero-order valence-electron chi connectivity index (χ0n) is 11.4. The van der Waals surface area contributed by atoms with Crippen molar-refractivity contribution in [3.05, 3.63) is 0 Å². The molecule has 94 valence electrons. The third-order valence-electron chi connectivity index (χ3n) is 5.73. The number of aliphatic hydroxyl groups is 1. The van der Waals surface area contributed by atoms with Crippen molar-refractivity contribution in [3.8, 4) is 0 Å². The molecule has 0 aromatic carbocycles. The van der Waals surface area contributed by atoms with Crippen molar-refractivity contribution in [2.45, 2.75) is 65.9 Å². The monoisotopic (exact) mass is 224 g/mol. The molecule has 0 spiro atoms. The highest BCUT2D eigenvalue weighted by Gasteiger charge is 2.47. The van der Waals surface area contributed by atoms with E-state index in [9.17, 15) is 5.11 Å². The zero-order valence-corrected chi connectivity index (χ0v) is 11.4. The Morgan fingerprint density at radius 3 is 2.44 bits per heavy atom. The molecule has 0 aliphatic heterocycles. The van der Waals surface area contributed by atoms with E-state index in [2.05, 4.69) is 27.7 Å². The van der Waals surface area contributed by atoms with Gasteiger partial charge in [0.05, 0.1) is 6.10 Å². The van der Waals surface area contributed by atoms with Crippen LogP contribution < -0.4 is 0 Å². The molecular weight excluding hydrogens is 196 g/mol. The second-order valence-electron chi connectivity index (χ2n) is 7.00. The Morgan fingerprint density at radius 1 is 1.19 bits per heavy atom. The highest BCUT2D eigenvalue weighted by molar-refractivity contribution is 4.97. The van der Waals surface area contributed by atoms with Crippen molar-refractivity contribution in [2.75, 3.05) is 0 Å². The molecular formula is C15H28O. The molecule has 1 nitrogen and oxygen atoms in total. The second-order valence-corrected chi connectivity index (χ2v) is 7.00. The third kappa shape index (κ3) is 2.03. The molecule has 5 atom stereocenters. The van der Waals surface area contributed by atoms with Crippen LogP contribution in [0.25, 0.3) is 0 Å². The maximum absolute atomic E-state index is 10.1. The minimum Gasteiger partial charge on any atom is -0.393 e. The first kappa shape index (κ1) is 12.4. The highest BCUT2D eigenvalue weighted by Crippen LogP contribution is 2.54. The number of aliphatic hydroxyl groups excluding tert-OH is 1. The van der Waals surface area contributed by atoms with Gasteiger partial charge in [-0.05, 0) is 61.2 Å². The summed E-state index contributed by atoms with van der Waals surface area (Å²) in [6, 6.07) is 0. The Kier molecular flexibility index (Phi) is 3.36. The van der Waals surface area contributed by atoms with Crippen LogP contribution in [0.5, 0.6) is 0 Å². The van der Waals surface area contributed by atoms with Gasteiger partial charge in [0.1, 0.15) is 0 Å². The number of fused-ring (bicyclic) bond motifs is 1. The van der Waals surface area contributed by atoms with E-state index >= 15 is 0 Å². The van der Waals surface area contributed by atoms with E-state index in [1.807, 2.05) is 0 Å². The van der Waals surface area contributed by atoms with Crippen molar-refractivity contribution in [1.29, 1.82) is 0 Å². The summed E-state index contributed by atoms with van der Waals surface area (Å²) in [5.74, 6) is 2.99. The molecule has 1 heteroatoms. The first-order valence-electron chi connectivity index (χ1n) is 7.12. The summed E-state index contributed by atoms with van der Waals surface area (Å²) in [7, 11) is 0. The predicted molar refractivity (Wildman–Crippen MR) is 68.2 cm³/mol. The minimum atomic E-state index is -0.0380. The summed E-state index contributed by atoms with van der Waals surface area (Å²) in [6.45, 7) is 9.46. The van der Waals surface area contributed by atoms with Gasteiger partial charge in [-0.15, -0.1) is 0 Å². The van der Waals surface area contributed by atoms with E-state index in [1.54, 1.807) is 0 Å². The smallest absolute Gasteiger partial charge is 0.0568 e. The Labute approximate surface area is 101 Å². The standard InChI is InChI=1S/C15H28O/c1-10(2)12-5-7-15(4)8-6-14(16)11(3)13(15)9-12/h10-14,16H,5-9H2,1-4H3/t11-,12-,13+,14?,15-/m1/s1. The molecule has 2 saturated carbocycles. The van der Waals surface area contributed by atoms with Gasteiger partial charge in [-0.2, -0.15) is 0 Å². The maximum atomic E-state index is 10.1. The van der Waals surface area contributed by atoms with E-state index < -0.39 is 0 Å². The first-order chi connectivity index (χ1) is 7.44. The third-order valence-corrected chi connectivity index (χ3v) is 5.73. The average molecular weight is 224 g/mol. The Hall–Kier alpha value is -0.0400. The molecule has 2 aliphatic rings. The average Bonchev–Trinajstić information content (AvgIpc) is 2.24. The van der Waals surface area contributed by atoms with Crippen LogP contribution >= 0.6 is 0 Å². The molecule has 0 radical (unpaired) electrons. The Bertz CT molecular complexity index is 248. The quantitative estimate of drug-likeness (QED) is 0.717. The molecule has 16 heavy (non-hydrogen) atoms. The van der Waals surface area contributed by atoms with Gasteiger partial charge in [-0.25, -0.2) is 0 Å². The van der Waals surface area contributed by atoms with Crippen molar-refractivity contribution >= 4 is 0 Å². The lowest BCUT2D eigenvalue weighted by molar-refractivity contribution is -0.0721. The first-order valence-corrected chi connectivity index (χ1v) is 7.12. The maximum Gasteiger partial charge on any atom is 0.0568 e. The molecule has 0 aromatic rings. The van der Waals surface area contributed by atoms with Crippen LogP contribution in [-0.4, -0.2) is 11.2 Å². The summed E-state index contributed by atoms with van der Waals surface area (Å²) in [5, 5.41) is 10.1. The Morgan fingerprint density at radius 2 is 1.81 bits per heavy atom. The van der Waals surface area contributed by atoms with Gasteiger partial charge in [-0.1, -0.05) is 27.7 Å². The predicted octanol–water partition coefficient (Wildman–Crippen LogP) is 3.86. The van der Waals surface area contributed by atoms with Crippen LogP contribution in [0.1, 0.15) is 59.8 Å². The molecule has 2 fully saturated rings. The molecule has 0 amide bonds. The number of rotatable bonds is 1. The fraction of sp³-hybridized carbons (Fsp3) is 1.00. The zero-order chi connectivity index (χ0) is 11.9. The van der Waals surface area contributed by atoms with Crippen LogP contribution in [0.2, 0.25) is 0 Å². The molecule has 1 unspecified atom stereocenters. The van der Waals surface area contributed by atoms with E-state index in [0.29, 0.717) is 11.3 Å². The van der Waals surface area contributed by atoms with Crippen LogP contribution in [0.15, 0.2) is 0 Å². The van der Waals surface area contributed by atoms with Gasteiger partial charge in [0.2, 0.25) is 0 Å². The summed E-state index contributed by atoms with van der Waals surface area (Å²) in [4.78, 5) is 0. The van der Waals surface area contributed by atoms with E-state index in [-0.39, 0.29) is 6.10 Å². The summed E-state index contributed by atoms with van der Waals surface area (Å²) >= 11 is 0. The van der Waals surface area contributed by atoms with Crippen LogP contribution in [0, 0.1) is 29.1 Å². The van der Waals surface area contributed by atoms with Gasteiger partial charge >= 0.3 is 0 Å². The fourth-order valence-corrected chi connectivity index (χ4v) is 4.20. The summed E-state index contributed by atoms with van der Waals surface area (Å²) in [6.07, 6.45) is 6.38. The molecule has 0 bridgehead atoms. The molecule has 0 heterocycles. The largest absolute Gasteiger partial charge is 0.393 e. The van der Waals surface area contributed by atoms with Gasteiger partial charge in [-0.3, -0.25) is 0 Å². The van der Waals surface area contributed by atoms with Gasteiger partial charge in [0.15, 0.2) is 0 Å². The molecule has 0 aromatic heterocycles. The van der Waals surface area contributed by atoms with Gasteiger partial charge in [0.25, 0.3) is 0 Å². The summed E-state index contributed by atoms with van der Waals surface area (Å²) in [5.41, 5.74) is 0.532. The lowest BCUT2D eigenvalue weighted by Crippen LogP contribution is -2.46. The van der Waals surface area contributed by atoms with Gasteiger partial charge < -0.3 is 5.11 Å². The van der Waals surface area contributed by atoms with Crippen molar-refractivity contribution in [1.82, 2.24) is 0 Å². The van der Waals surface area contributed by atoms with Crippen molar-refractivity contribution < 1.29 is 5.11 Å². The van der Waals surface area contributed by atoms with Crippen LogP contribution in [0.4, 0.5) is 0 Å². The second kappa shape index (κ2) is 4.33. The van der Waals surface area contributed by atoms with E-state index in [1.165, 1.54) is 25.7 Å². The highest BCUT2D eigenvalue weighted by atomic mass is 16.3. The van der Waals surface area contributed by atoms with Crippen LogP contribution in [-0.2, 0) is 0 Å². The van der Waals surface area contributed by atoms with Crippen molar-refractivity contribution in [2.24, 2.45) is 29.1 Å². The van der Waals surface area contributed by atoms with Gasteiger partial charge in [0, 0.05) is 0 Å². The minimum absolute atomic E-state index is 0.0380. The summed E-state index contributed by atoms with van der Waals surface area (Å²) < 4.78 is 0. The normalized spacial score (nSPS) is 49.1. The lowest BCUT2D eigenvalue weighted by atomic mass is 9.53. The molecule has 2 rings (SSSR count).